The van der Waals surface area contributed by atoms with Crippen LogP contribution in [0.25, 0.3) is 16.1 Å². The fourth-order valence-electron chi connectivity index (χ4n) is 2.73. The van der Waals surface area contributed by atoms with Gasteiger partial charge in [-0.15, -0.1) is 11.3 Å². The maximum atomic E-state index is 12.4. The third kappa shape index (κ3) is 4.02. The molecule has 0 atom stereocenters. The van der Waals surface area contributed by atoms with E-state index in [1.54, 1.807) is 22.0 Å². The summed E-state index contributed by atoms with van der Waals surface area (Å²) in [5.41, 5.74) is 2.46. The number of thiophene rings is 1. The van der Waals surface area contributed by atoms with Crippen LogP contribution >= 0.6 is 23.1 Å². The minimum absolute atomic E-state index is 0.112. The highest BCUT2D eigenvalue weighted by molar-refractivity contribution is 8.00. The Morgan fingerprint density at radius 2 is 2.18 bits per heavy atom. The Labute approximate surface area is 170 Å². The highest BCUT2D eigenvalue weighted by Gasteiger charge is 2.13. The Hall–Kier alpha value is -2.84. The summed E-state index contributed by atoms with van der Waals surface area (Å²) in [6, 6.07) is 13.5. The first-order valence-electron chi connectivity index (χ1n) is 8.77. The van der Waals surface area contributed by atoms with Crippen LogP contribution in [-0.2, 0) is 4.79 Å². The van der Waals surface area contributed by atoms with Crippen molar-refractivity contribution in [3.63, 3.8) is 0 Å². The van der Waals surface area contributed by atoms with E-state index in [0.717, 1.165) is 21.1 Å². The molecule has 28 heavy (non-hydrogen) atoms. The predicted octanol–water partition coefficient (Wildman–Crippen LogP) is 4.59. The zero-order chi connectivity index (χ0) is 19.3. The van der Waals surface area contributed by atoms with Crippen LogP contribution in [0.4, 0.5) is 5.69 Å². The maximum Gasteiger partial charge on any atom is 0.234 e. The van der Waals surface area contributed by atoms with Crippen LogP contribution in [0.2, 0.25) is 0 Å². The molecule has 0 unspecified atom stereocenters. The summed E-state index contributed by atoms with van der Waals surface area (Å²) in [5, 5.41) is 10.3. The van der Waals surface area contributed by atoms with Crippen molar-refractivity contribution >= 4 is 40.2 Å². The summed E-state index contributed by atoms with van der Waals surface area (Å²) in [6.45, 7) is 2.46. The Morgan fingerprint density at radius 1 is 1.29 bits per heavy atom. The monoisotopic (exact) mass is 410 g/mol. The van der Waals surface area contributed by atoms with E-state index in [0.29, 0.717) is 18.0 Å². The number of anilines is 1. The lowest BCUT2D eigenvalue weighted by atomic mass is 10.3. The maximum absolute atomic E-state index is 12.4. The van der Waals surface area contributed by atoms with Gasteiger partial charge in [0.1, 0.15) is 16.5 Å². The molecule has 1 amide bonds. The zero-order valence-corrected chi connectivity index (χ0v) is 16.8. The SMILES string of the molecule is CCOc1ccccc1NC(=O)CSc1nccn2nc(-c3cccs3)cc12. The number of thioether (sulfide) groups is 1. The molecular weight excluding hydrogens is 392 g/mol. The van der Waals surface area contributed by atoms with E-state index in [-0.39, 0.29) is 11.7 Å². The van der Waals surface area contributed by atoms with E-state index in [2.05, 4.69) is 15.4 Å². The molecule has 0 bridgehead atoms. The summed E-state index contributed by atoms with van der Waals surface area (Å²) in [6.07, 6.45) is 3.51. The molecule has 0 saturated heterocycles. The number of fused-ring (bicyclic) bond motifs is 1. The third-order valence-corrected chi connectivity index (χ3v) is 5.82. The van der Waals surface area contributed by atoms with Gasteiger partial charge in [-0.1, -0.05) is 30.0 Å². The number of ether oxygens (including phenoxy) is 1. The van der Waals surface area contributed by atoms with Crippen LogP contribution in [-0.4, -0.2) is 32.9 Å². The van der Waals surface area contributed by atoms with Crippen molar-refractivity contribution in [2.24, 2.45) is 0 Å². The molecule has 4 rings (SSSR count). The van der Waals surface area contributed by atoms with Crippen LogP contribution < -0.4 is 10.1 Å². The van der Waals surface area contributed by atoms with Gasteiger partial charge in [0.2, 0.25) is 5.91 Å². The second-order valence-corrected chi connectivity index (χ2v) is 7.75. The standard InChI is InChI=1S/C20H18N4O2S2/c1-2-26-17-7-4-3-6-14(17)22-19(25)13-28-20-16-12-15(18-8-5-11-27-18)23-24(16)10-9-21-20/h3-12H,2,13H2,1H3,(H,22,25). The van der Waals surface area contributed by atoms with Gasteiger partial charge in [0.25, 0.3) is 0 Å². The van der Waals surface area contributed by atoms with Crippen molar-refractivity contribution in [1.29, 1.82) is 0 Å². The molecule has 3 heterocycles. The van der Waals surface area contributed by atoms with Gasteiger partial charge in [-0.05, 0) is 36.6 Å². The van der Waals surface area contributed by atoms with Gasteiger partial charge in [0.05, 0.1) is 28.4 Å². The molecule has 0 aliphatic heterocycles. The second kappa shape index (κ2) is 8.45. The number of hydrogen-bond donors (Lipinski definition) is 1. The summed E-state index contributed by atoms with van der Waals surface area (Å²) in [4.78, 5) is 18.0. The van der Waals surface area contributed by atoms with Gasteiger partial charge in [0.15, 0.2) is 0 Å². The number of aromatic nitrogens is 3. The number of amides is 1. The lowest BCUT2D eigenvalue weighted by molar-refractivity contribution is -0.113. The van der Waals surface area contributed by atoms with Crippen molar-refractivity contribution in [2.45, 2.75) is 11.9 Å². The lowest BCUT2D eigenvalue weighted by Gasteiger charge is -2.11. The molecule has 4 aromatic rings. The number of carbonyl (C=O) groups is 1. The number of hydrogen-bond acceptors (Lipinski definition) is 6. The minimum atomic E-state index is -0.112. The second-order valence-electron chi connectivity index (χ2n) is 5.84. The van der Waals surface area contributed by atoms with E-state index in [1.165, 1.54) is 11.8 Å². The van der Waals surface area contributed by atoms with Crippen molar-refractivity contribution in [2.75, 3.05) is 17.7 Å². The first kappa shape index (κ1) is 18.5. The molecule has 1 N–H and O–H groups in total. The first-order valence-corrected chi connectivity index (χ1v) is 10.6. The molecule has 142 valence electrons. The smallest absolute Gasteiger partial charge is 0.234 e. The minimum Gasteiger partial charge on any atom is -0.492 e. The highest BCUT2D eigenvalue weighted by Crippen LogP contribution is 2.29. The third-order valence-electron chi connectivity index (χ3n) is 3.93. The molecule has 3 aromatic heterocycles. The Kier molecular flexibility index (Phi) is 5.59. The molecule has 0 fully saturated rings. The van der Waals surface area contributed by atoms with Crippen LogP contribution in [0.15, 0.2) is 65.3 Å². The Balaban J connectivity index is 1.48. The summed E-state index contributed by atoms with van der Waals surface area (Å²) in [5.74, 6) is 0.797. The molecule has 0 radical (unpaired) electrons. The topological polar surface area (TPSA) is 68.5 Å². The summed E-state index contributed by atoms with van der Waals surface area (Å²) >= 11 is 3.03. The zero-order valence-electron chi connectivity index (χ0n) is 15.2. The average Bonchev–Trinajstić information content (AvgIpc) is 3.37. The number of benzene rings is 1. The van der Waals surface area contributed by atoms with E-state index in [4.69, 9.17) is 4.74 Å². The fourth-order valence-corrected chi connectivity index (χ4v) is 4.18. The first-order chi connectivity index (χ1) is 13.7. The number of nitrogens with one attached hydrogen (secondary N) is 1. The van der Waals surface area contributed by atoms with Gasteiger partial charge in [-0.3, -0.25) is 4.79 Å². The largest absolute Gasteiger partial charge is 0.492 e. The van der Waals surface area contributed by atoms with Crippen molar-refractivity contribution in [1.82, 2.24) is 14.6 Å². The molecule has 0 saturated carbocycles. The summed E-state index contributed by atoms with van der Waals surface area (Å²) < 4.78 is 7.35. The number of carbonyl (C=O) groups excluding carboxylic acids is 1. The average molecular weight is 411 g/mol. The van der Waals surface area contributed by atoms with E-state index < -0.39 is 0 Å². The van der Waals surface area contributed by atoms with Gasteiger partial charge in [0, 0.05) is 12.4 Å². The van der Waals surface area contributed by atoms with Crippen LogP contribution in [0.3, 0.4) is 0 Å². The predicted molar refractivity (Wildman–Crippen MR) is 113 cm³/mol. The molecule has 0 aliphatic carbocycles. The lowest BCUT2D eigenvalue weighted by Crippen LogP contribution is -2.15. The van der Waals surface area contributed by atoms with Crippen molar-refractivity contribution in [3.05, 3.63) is 60.2 Å². The number of para-hydroxylation sites is 2. The Morgan fingerprint density at radius 3 is 3.00 bits per heavy atom. The van der Waals surface area contributed by atoms with Crippen molar-refractivity contribution < 1.29 is 9.53 Å². The van der Waals surface area contributed by atoms with E-state index in [9.17, 15) is 4.79 Å². The van der Waals surface area contributed by atoms with E-state index in [1.807, 2.05) is 61.0 Å². The van der Waals surface area contributed by atoms with Crippen LogP contribution in [0.5, 0.6) is 5.75 Å². The Bertz CT molecular complexity index is 1090. The number of rotatable bonds is 7. The van der Waals surface area contributed by atoms with Gasteiger partial charge >= 0.3 is 0 Å². The van der Waals surface area contributed by atoms with Crippen LogP contribution in [0, 0.1) is 0 Å². The molecule has 8 heteroatoms. The molecule has 0 spiro atoms. The van der Waals surface area contributed by atoms with Gasteiger partial charge in [-0.25, -0.2) is 9.50 Å². The molecular formula is C20H18N4O2S2. The summed E-state index contributed by atoms with van der Waals surface area (Å²) in [7, 11) is 0. The molecule has 1 aromatic carbocycles. The number of nitrogens with zero attached hydrogens (tertiary/aromatic N) is 3. The van der Waals surface area contributed by atoms with Crippen molar-refractivity contribution in [3.8, 4) is 16.3 Å². The fraction of sp³-hybridized carbons (Fsp3) is 0.150. The van der Waals surface area contributed by atoms with Gasteiger partial charge in [-0.2, -0.15) is 5.10 Å². The van der Waals surface area contributed by atoms with Gasteiger partial charge < -0.3 is 10.1 Å². The van der Waals surface area contributed by atoms with Crippen LogP contribution in [0.1, 0.15) is 6.92 Å². The molecule has 0 aliphatic rings. The normalized spacial score (nSPS) is 10.9. The van der Waals surface area contributed by atoms with E-state index >= 15 is 0 Å². The quantitative estimate of drug-likeness (QED) is 0.452. The molecule has 6 nitrogen and oxygen atoms in total. The highest BCUT2D eigenvalue weighted by atomic mass is 32.2.